The molecule has 0 aliphatic carbocycles. The predicted molar refractivity (Wildman–Crippen MR) is 80.4 cm³/mol. The van der Waals surface area contributed by atoms with Crippen LogP contribution in [0.5, 0.6) is 0 Å². The first-order valence-corrected chi connectivity index (χ1v) is 7.15. The minimum absolute atomic E-state index is 0.0733. The Hall–Kier alpha value is -1.45. The number of hydrogen-bond donors (Lipinski definition) is 1. The summed E-state index contributed by atoms with van der Waals surface area (Å²) in [5.74, 6) is -0.373. The van der Waals surface area contributed by atoms with E-state index in [1.54, 1.807) is 18.5 Å². The fourth-order valence-electron chi connectivity index (χ4n) is 2.11. The Balaban J connectivity index is 2.20. The van der Waals surface area contributed by atoms with Gasteiger partial charge in [-0.1, -0.05) is 24.6 Å². The van der Waals surface area contributed by atoms with Gasteiger partial charge in [0.05, 0.1) is 5.02 Å². The van der Waals surface area contributed by atoms with Crippen LogP contribution in [-0.2, 0) is 6.42 Å². The predicted octanol–water partition coefficient (Wildman–Crippen LogP) is 4.16. The van der Waals surface area contributed by atoms with Gasteiger partial charge in [0.1, 0.15) is 5.82 Å². The summed E-state index contributed by atoms with van der Waals surface area (Å²) in [5.41, 5.74) is 2.08. The van der Waals surface area contributed by atoms with E-state index in [4.69, 9.17) is 11.6 Å². The maximum atomic E-state index is 13.6. The second-order valence-corrected chi connectivity index (χ2v) is 5.15. The van der Waals surface area contributed by atoms with Crippen LogP contribution in [0.2, 0.25) is 5.02 Å². The molecular formula is C16H18ClFN2. The Kier molecular flexibility index (Phi) is 5.50. The molecule has 1 aromatic carbocycles. The smallest absolute Gasteiger partial charge is 0.142 e. The Bertz CT molecular complexity index is 545. The Morgan fingerprint density at radius 3 is 2.65 bits per heavy atom. The Morgan fingerprint density at radius 1 is 1.25 bits per heavy atom. The van der Waals surface area contributed by atoms with Crippen LogP contribution >= 0.6 is 11.6 Å². The molecule has 1 atom stereocenters. The molecule has 0 aliphatic rings. The van der Waals surface area contributed by atoms with Gasteiger partial charge in [-0.05, 0) is 54.8 Å². The summed E-state index contributed by atoms with van der Waals surface area (Å²) in [5, 5.41) is 3.61. The zero-order valence-corrected chi connectivity index (χ0v) is 12.2. The van der Waals surface area contributed by atoms with Crippen LogP contribution in [0.4, 0.5) is 4.39 Å². The number of nitrogens with zero attached hydrogens (tertiary/aromatic N) is 1. The van der Waals surface area contributed by atoms with Crippen molar-refractivity contribution in [2.75, 3.05) is 6.54 Å². The number of halogens is 2. The number of pyridine rings is 1. The first-order valence-electron chi connectivity index (χ1n) is 6.78. The molecule has 2 rings (SSSR count). The highest BCUT2D eigenvalue weighted by Crippen LogP contribution is 2.23. The van der Waals surface area contributed by atoms with Gasteiger partial charge in [-0.2, -0.15) is 0 Å². The van der Waals surface area contributed by atoms with E-state index in [2.05, 4.69) is 17.2 Å². The van der Waals surface area contributed by atoms with E-state index in [-0.39, 0.29) is 16.9 Å². The molecular weight excluding hydrogens is 275 g/mol. The lowest BCUT2D eigenvalue weighted by Crippen LogP contribution is -2.24. The Labute approximate surface area is 124 Å². The second kappa shape index (κ2) is 7.36. The maximum absolute atomic E-state index is 13.6. The van der Waals surface area contributed by atoms with Crippen molar-refractivity contribution in [2.24, 2.45) is 0 Å². The van der Waals surface area contributed by atoms with Crippen molar-refractivity contribution in [1.82, 2.24) is 10.3 Å². The fourth-order valence-corrected chi connectivity index (χ4v) is 2.23. The quantitative estimate of drug-likeness (QED) is 0.865. The van der Waals surface area contributed by atoms with Gasteiger partial charge in [-0.3, -0.25) is 4.98 Å². The summed E-state index contributed by atoms with van der Waals surface area (Å²) < 4.78 is 13.6. The van der Waals surface area contributed by atoms with Gasteiger partial charge in [-0.25, -0.2) is 4.39 Å². The van der Waals surface area contributed by atoms with E-state index < -0.39 is 0 Å². The molecule has 1 aromatic heterocycles. The topological polar surface area (TPSA) is 24.9 Å². The molecule has 1 unspecified atom stereocenters. The van der Waals surface area contributed by atoms with Crippen molar-refractivity contribution in [1.29, 1.82) is 0 Å². The van der Waals surface area contributed by atoms with Crippen LogP contribution in [0.15, 0.2) is 42.7 Å². The summed E-state index contributed by atoms with van der Waals surface area (Å²) in [6.45, 7) is 3.00. The van der Waals surface area contributed by atoms with Crippen LogP contribution in [0.25, 0.3) is 0 Å². The van der Waals surface area contributed by atoms with Crippen molar-refractivity contribution < 1.29 is 4.39 Å². The van der Waals surface area contributed by atoms with E-state index in [1.807, 2.05) is 18.2 Å². The summed E-state index contributed by atoms with van der Waals surface area (Å²) >= 11 is 5.75. The molecule has 0 aliphatic heterocycles. The molecule has 2 aromatic rings. The number of rotatable bonds is 6. The molecule has 0 saturated heterocycles. The number of aromatic nitrogens is 1. The summed E-state index contributed by atoms with van der Waals surface area (Å²) in [6.07, 6.45) is 5.37. The highest BCUT2D eigenvalue weighted by atomic mass is 35.5. The van der Waals surface area contributed by atoms with Gasteiger partial charge in [0.15, 0.2) is 0 Å². The van der Waals surface area contributed by atoms with Gasteiger partial charge >= 0.3 is 0 Å². The average Bonchev–Trinajstić information content (AvgIpc) is 2.47. The minimum atomic E-state index is -0.373. The largest absolute Gasteiger partial charge is 0.310 e. The third kappa shape index (κ3) is 4.02. The van der Waals surface area contributed by atoms with Gasteiger partial charge < -0.3 is 5.32 Å². The zero-order valence-electron chi connectivity index (χ0n) is 11.4. The van der Waals surface area contributed by atoms with Crippen molar-refractivity contribution in [3.8, 4) is 0 Å². The van der Waals surface area contributed by atoms with E-state index in [0.717, 1.165) is 24.9 Å². The van der Waals surface area contributed by atoms with E-state index in [9.17, 15) is 4.39 Å². The van der Waals surface area contributed by atoms with Crippen LogP contribution in [-0.4, -0.2) is 11.5 Å². The second-order valence-electron chi connectivity index (χ2n) is 4.74. The number of benzene rings is 1. The third-order valence-corrected chi connectivity index (χ3v) is 3.48. The van der Waals surface area contributed by atoms with Crippen molar-refractivity contribution in [3.63, 3.8) is 0 Å². The van der Waals surface area contributed by atoms with Crippen LogP contribution in [0.3, 0.4) is 0 Å². The first-order chi connectivity index (χ1) is 9.70. The molecule has 0 radical (unpaired) electrons. The molecule has 0 amide bonds. The standard InChI is InChI=1S/C16H18ClFN2/c1-2-7-20-16(10-12-5-8-19-9-6-12)13-3-4-14(17)15(18)11-13/h3-6,8-9,11,16,20H,2,7,10H2,1H3. The van der Waals surface area contributed by atoms with Crippen LogP contribution < -0.4 is 5.32 Å². The lowest BCUT2D eigenvalue weighted by Gasteiger charge is -2.19. The molecule has 0 spiro atoms. The molecule has 1 N–H and O–H groups in total. The highest BCUT2D eigenvalue weighted by Gasteiger charge is 2.13. The van der Waals surface area contributed by atoms with Gasteiger partial charge in [0, 0.05) is 18.4 Å². The monoisotopic (exact) mass is 292 g/mol. The SMILES string of the molecule is CCCNC(Cc1ccncc1)c1ccc(Cl)c(F)c1. The molecule has 0 bridgehead atoms. The summed E-state index contributed by atoms with van der Waals surface area (Å²) in [6, 6.07) is 9.03. The van der Waals surface area contributed by atoms with E-state index in [0.29, 0.717) is 0 Å². The lowest BCUT2D eigenvalue weighted by atomic mass is 9.99. The maximum Gasteiger partial charge on any atom is 0.142 e. The van der Waals surface area contributed by atoms with Gasteiger partial charge in [-0.15, -0.1) is 0 Å². The van der Waals surface area contributed by atoms with E-state index >= 15 is 0 Å². The third-order valence-electron chi connectivity index (χ3n) is 3.18. The van der Waals surface area contributed by atoms with Crippen molar-refractivity contribution in [3.05, 3.63) is 64.7 Å². The first kappa shape index (κ1) is 14.9. The van der Waals surface area contributed by atoms with Crippen LogP contribution in [0.1, 0.15) is 30.5 Å². The van der Waals surface area contributed by atoms with Crippen LogP contribution in [0, 0.1) is 5.82 Å². The Morgan fingerprint density at radius 2 is 2.00 bits per heavy atom. The zero-order chi connectivity index (χ0) is 14.4. The van der Waals surface area contributed by atoms with E-state index in [1.165, 1.54) is 11.6 Å². The molecule has 20 heavy (non-hydrogen) atoms. The highest BCUT2D eigenvalue weighted by molar-refractivity contribution is 6.30. The normalized spacial score (nSPS) is 12.3. The number of nitrogens with one attached hydrogen (secondary N) is 1. The summed E-state index contributed by atoms with van der Waals surface area (Å²) in [4.78, 5) is 4.02. The lowest BCUT2D eigenvalue weighted by molar-refractivity contribution is 0.524. The molecule has 106 valence electrons. The average molecular weight is 293 g/mol. The molecule has 2 nitrogen and oxygen atoms in total. The van der Waals surface area contributed by atoms with Crippen molar-refractivity contribution in [2.45, 2.75) is 25.8 Å². The van der Waals surface area contributed by atoms with Crippen molar-refractivity contribution >= 4 is 11.6 Å². The van der Waals surface area contributed by atoms with Gasteiger partial charge in [0.2, 0.25) is 0 Å². The fraction of sp³-hybridized carbons (Fsp3) is 0.312. The minimum Gasteiger partial charge on any atom is -0.310 e. The molecule has 1 heterocycles. The van der Waals surface area contributed by atoms with Gasteiger partial charge in [0.25, 0.3) is 0 Å². The number of hydrogen-bond acceptors (Lipinski definition) is 2. The molecule has 4 heteroatoms. The summed E-state index contributed by atoms with van der Waals surface area (Å²) in [7, 11) is 0. The molecule has 0 saturated carbocycles. The molecule has 0 fully saturated rings.